The van der Waals surface area contributed by atoms with Crippen molar-refractivity contribution >= 4 is 27.1 Å². The maximum Gasteiger partial charge on any atom is 0.296 e. The fraction of sp³-hybridized carbons (Fsp3) is 0.0909. The van der Waals surface area contributed by atoms with E-state index in [4.69, 9.17) is 0 Å². The van der Waals surface area contributed by atoms with E-state index in [0.29, 0.717) is 15.8 Å². The van der Waals surface area contributed by atoms with E-state index in [-0.39, 0.29) is 5.56 Å². The van der Waals surface area contributed by atoms with Crippen LogP contribution in [0, 0.1) is 6.92 Å². The zero-order chi connectivity index (χ0) is 12.5. The molecule has 2 aromatic heterocycles. The van der Waals surface area contributed by atoms with Crippen LogP contribution in [0.25, 0.3) is 4.96 Å². The van der Waals surface area contributed by atoms with E-state index in [1.165, 1.54) is 15.9 Å². The minimum absolute atomic E-state index is 0.239. The number of aryl methyl sites for hydroxylation is 1. The van der Waals surface area contributed by atoms with Crippen molar-refractivity contribution in [1.29, 1.82) is 0 Å². The average Bonchev–Trinajstić information content (AvgIpc) is 2.79. The highest BCUT2D eigenvalue weighted by Gasteiger charge is 2.09. The second kappa shape index (κ2) is 4.19. The molecule has 2 heterocycles. The van der Waals surface area contributed by atoms with Crippen LogP contribution < -0.4 is 10.9 Å². The van der Waals surface area contributed by atoms with E-state index < -0.39 is 0 Å². The molecule has 0 radical (unpaired) electrons. The van der Waals surface area contributed by atoms with Crippen molar-refractivity contribution in [1.82, 2.24) is 19.8 Å². The molecule has 3 rings (SSSR count). The van der Waals surface area contributed by atoms with E-state index >= 15 is 0 Å². The molecule has 0 spiro atoms. The predicted molar refractivity (Wildman–Crippen MR) is 69.4 cm³/mol. The Bertz CT molecular complexity index is 749. The molecule has 1 N–H and O–H groups in total. The van der Waals surface area contributed by atoms with Crippen LogP contribution in [0.1, 0.15) is 5.69 Å². The van der Waals surface area contributed by atoms with Crippen molar-refractivity contribution in [3.05, 3.63) is 46.4 Å². The second-order valence-corrected chi connectivity index (χ2v) is 4.64. The van der Waals surface area contributed by atoms with Gasteiger partial charge in [0.25, 0.3) is 5.56 Å². The van der Waals surface area contributed by atoms with Crippen molar-refractivity contribution in [2.75, 3.05) is 5.32 Å². The summed E-state index contributed by atoms with van der Waals surface area (Å²) < 4.78 is 1.26. The number of benzene rings is 1. The molecule has 90 valence electrons. The molecule has 0 saturated heterocycles. The number of hydrogen-bond donors (Lipinski definition) is 1. The Hall–Kier alpha value is -2.28. The van der Waals surface area contributed by atoms with Crippen molar-refractivity contribution in [2.24, 2.45) is 0 Å². The number of nitrogens with one attached hydrogen (secondary N) is 1. The van der Waals surface area contributed by atoms with Gasteiger partial charge in [-0.05, 0) is 19.1 Å². The van der Waals surface area contributed by atoms with Gasteiger partial charge in [-0.25, -0.2) is 0 Å². The largest absolute Gasteiger partial charge is 0.330 e. The highest BCUT2D eigenvalue weighted by Crippen LogP contribution is 2.20. The molecule has 0 bridgehead atoms. The van der Waals surface area contributed by atoms with Gasteiger partial charge in [-0.3, -0.25) is 4.79 Å². The fourth-order valence-electron chi connectivity index (χ4n) is 1.49. The topological polar surface area (TPSA) is 72.2 Å². The molecule has 0 aliphatic heterocycles. The lowest BCUT2D eigenvalue weighted by molar-refractivity contribution is 0.829. The lowest BCUT2D eigenvalue weighted by Crippen LogP contribution is -2.19. The highest BCUT2D eigenvalue weighted by molar-refractivity contribution is 7.20. The normalized spacial score (nSPS) is 10.7. The first-order valence-corrected chi connectivity index (χ1v) is 6.11. The molecule has 3 aromatic rings. The molecule has 0 aliphatic rings. The SMILES string of the molecule is Cc1nnc2sc(Nc3ccccc3)nn2c1=O. The molecule has 0 fully saturated rings. The Morgan fingerprint density at radius 1 is 1.22 bits per heavy atom. The lowest BCUT2D eigenvalue weighted by Gasteiger charge is -1.99. The molecular formula is C11H9N5OS. The Morgan fingerprint density at radius 3 is 2.78 bits per heavy atom. The quantitative estimate of drug-likeness (QED) is 0.756. The maximum absolute atomic E-state index is 11.8. The number of fused-ring (bicyclic) bond motifs is 1. The molecule has 7 heteroatoms. The summed E-state index contributed by atoms with van der Waals surface area (Å²) in [6.07, 6.45) is 0. The molecule has 0 atom stereocenters. The minimum atomic E-state index is -0.239. The van der Waals surface area contributed by atoms with Gasteiger partial charge in [-0.1, -0.05) is 29.5 Å². The zero-order valence-electron chi connectivity index (χ0n) is 9.49. The zero-order valence-corrected chi connectivity index (χ0v) is 10.3. The molecular weight excluding hydrogens is 250 g/mol. The van der Waals surface area contributed by atoms with E-state index in [2.05, 4.69) is 20.6 Å². The number of para-hydroxylation sites is 1. The van der Waals surface area contributed by atoms with E-state index in [0.717, 1.165) is 5.69 Å². The minimum Gasteiger partial charge on any atom is -0.330 e. The maximum atomic E-state index is 11.8. The van der Waals surface area contributed by atoms with Crippen LogP contribution in [0.15, 0.2) is 35.1 Å². The van der Waals surface area contributed by atoms with Crippen LogP contribution in [0.2, 0.25) is 0 Å². The van der Waals surface area contributed by atoms with E-state index in [1.807, 2.05) is 30.3 Å². The number of rotatable bonds is 2. The van der Waals surface area contributed by atoms with Gasteiger partial charge in [-0.2, -0.15) is 4.52 Å². The van der Waals surface area contributed by atoms with Gasteiger partial charge < -0.3 is 5.32 Å². The summed E-state index contributed by atoms with van der Waals surface area (Å²) in [4.78, 5) is 12.2. The summed E-state index contributed by atoms with van der Waals surface area (Å²) >= 11 is 1.28. The Kier molecular flexibility index (Phi) is 2.52. The van der Waals surface area contributed by atoms with Gasteiger partial charge in [0.15, 0.2) is 0 Å². The third-order valence-electron chi connectivity index (χ3n) is 2.37. The number of hydrogen-bond acceptors (Lipinski definition) is 6. The summed E-state index contributed by atoms with van der Waals surface area (Å²) in [5, 5.41) is 15.6. The number of nitrogens with zero attached hydrogens (tertiary/aromatic N) is 4. The van der Waals surface area contributed by atoms with Gasteiger partial charge >= 0.3 is 0 Å². The molecule has 1 aromatic carbocycles. The first-order chi connectivity index (χ1) is 8.74. The van der Waals surface area contributed by atoms with Crippen LogP contribution in [-0.4, -0.2) is 19.8 Å². The highest BCUT2D eigenvalue weighted by atomic mass is 32.1. The van der Waals surface area contributed by atoms with Crippen LogP contribution >= 0.6 is 11.3 Å². The third-order valence-corrected chi connectivity index (χ3v) is 3.19. The Balaban J connectivity index is 2.04. The third kappa shape index (κ3) is 1.84. The molecule has 6 nitrogen and oxygen atoms in total. The van der Waals surface area contributed by atoms with Gasteiger partial charge in [-0.15, -0.1) is 15.3 Å². The predicted octanol–water partition coefficient (Wildman–Crippen LogP) is 1.60. The summed E-state index contributed by atoms with van der Waals surface area (Å²) in [6.45, 7) is 1.62. The van der Waals surface area contributed by atoms with Crippen LogP contribution in [0.5, 0.6) is 0 Å². The summed E-state index contributed by atoms with van der Waals surface area (Å²) in [5.41, 5.74) is 1.01. The van der Waals surface area contributed by atoms with Gasteiger partial charge in [0.05, 0.1) is 0 Å². The summed E-state index contributed by atoms with van der Waals surface area (Å²) in [5.74, 6) is 0. The smallest absolute Gasteiger partial charge is 0.296 e. The van der Waals surface area contributed by atoms with Gasteiger partial charge in [0.1, 0.15) is 5.69 Å². The van der Waals surface area contributed by atoms with Crippen molar-refractivity contribution in [3.63, 3.8) is 0 Å². The van der Waals surface area contributed by atoms with Crippen molar-refractivity contribution in [3.8, 4) is 0 Å². The molecule has 0 amide bonds. The molecule has 0 saturated carbocycles. The monoisotopic (exact) mass is 259 g/mol. The number of aromatic nitrogens is 4. The van der Waals surface area contributed by atoms with Crippen LogP contribution in [-0.2, 0) is 0 Å². The van der Waals surface area contributed by atoms with Crippen molar-refractivity contribution < 1.29 is 0 Å². The van der Waals surface area contributed by atoms with Gasteiger partial charge in [0.2, 0.25) is 10.1 Å². The first kappa shape index (κ1) is 10.8. The summed E-state index contributed by atoms with van der Waals surface area (Å²) in [6, 6.07) is 9.62. The number of anilines is 2. The van der Waals surface area contributed by atoms with E-state index in [1.54, 1.807) is 6.92 Å². The summed E-state index contributed by atoms with van der Waals surface area (Å²) in [7, 11) is 0. The molecule has 18 heavy (non-hydrogen) atoms. The van der Waals surface area contributed by atoms with E-state index in [9.17, 15) is 4.79 Å². The standard InChI is InChI=1S/C11H9N5OS/c1-7-9(17)16-11(14-13-7)18-10(15-16)12-8-5-3-2-4-6-8/h2-6H,1H3,(H,12,15). The average molecular weight is 259 g/mol. The Labute approximate surface area is 106 Å². The van der Waals surface area contributed by atoms with Gasteiger partial charge in [0, 0.05) is 5.69 Å². The Morgan fingerprint density at radius 2 is 2.00 bits per heavy atom. The van der Waals surface area contributed by atoms with Crippen LogP contribution in [0.4, 0.5) is 10.8 Å². The second-order valence-electron chi connectivity index (χ2n) is 3.68. The van der Waals surface area contributed by atoms with Crippen LogP contribution in [0.3, 0.4) is 0 Å². The molecule has 0 unspecified atom stereocenters. The first-order valence-electron chi connectivity index (χ1n) is 5.29. The fourth-order valence-corrected chi connectivity index (χ4v) is 2.24. The lowest BCUT2D eigenvalue weighted by atomic mass is 10.3. The molecule has 0 aliphatic carbocycles. The van der Waals surface area contributed by atoms with Crippen molar-refractivity contribution in [2.45, 2.75) is 6.92 Å².